The quantitative estimate of drug-likeness (QED) is 0.799. The molecule has 1 fully saturated rings. The highest BCUT2D eigenvalue weighted by Gasteiger charge is 2.33. The van der Waals surface area contributed by atoms with Gasteiger partial charge in [0.05, 0.1) is 12.4 Å². The van der Waals surface area contributed by atoms with E-state index in [9.17, 15) is 9.59 Å². The lowest BCUT2D eigenvalue weighted by atomic mass is 10.2. The number of nitrogens with zero attached hydrogens (tertiary/aromatic N) is 3. The molecule has 0 aliphatic carbocycles. The molecular weight excluding hydrogens is 378 g/mol. The Morgan fingerprint density at radius 2 is 2.16 bits per heavy atom. The second-order valence-corrected chi connectivity index (χ2v) is 7.87. The summed E-state index contributed by atoms with van der Waals surface area (Å²) in [7, 11) is 0. The number of rotatable bonds is 4. The van der Waals surface area contributed by atoms with Crippen LogP contribution in [-0.2, 0) is 16.1 Å². The van der Waals surface area contributed by atoms with Gasteiger partial charge in [0.25, 0.3) is 5.91 Å². The molecule has 0 bridgehead atoms. The molecule has 0 saturated carbocycles. The van der Waals surface area contributed by atoms with Crippen LogP contribution in [0.15, 0.2) is 40.8 Å². The first-order valence-corrected chi connectivity index (χ1v) is 10.3. The van der Waals surface area contributed by atoms with Crippen LogP contribution >= 0.6 is 34.7 Å². The van der Waals surface area contributed by atoms with Crippen molar-refractivity contribution in [2.24, 2.45) is 4.99 Å². The molecule has 1 unspecified atom stereocenters. The Bertz CT molecular complexity index is 846. The van der Waals surface area contributed by atoms with Crippen LogP contribution in [0.4, 0.5) is 0 Å². The van der Waals surface area contributed by atoms with E-state index in [1.807, 2.05) is 40.4 Å². The van der Waals surface area contributed by atoms with Gasteiger partial charge in [-0.1, -0.05) is 36.7 Å². The van der Waals surface area contributed by atoms with E-state index in [4.69, 9.17) is 11.6 Å². The van der Waals surface area contributed by atoms with Gasteiger partial charge in [0.15, 0.2) is 4.80 Å². The fourth-order valence-electron chi connectivity index (χ4n) is 2.58. The first kappa shape index (κ1) is 18.2. The van der Waals surface area contributed by atoms with Gasteiger partial charge in [-0.3, -0.25) is 9.59 Å². The van der Waals surface area contributed by atoms with Crippen LogP contribution in [0.5, 0.6) is 0 Å². The normalized spacial score (nSPS) is 17.9. The van der Waals surface area contributed by atoms with E-state index >= 15 is 0 Å². The summed E-state index contributed by atoms with van der Waals surface area (Å²) in [6.45, 7) is 2.35. The number of carbonyl (C=O) groups is 2. The molecule has 8 heteroatoms. The highest BCUT2D eigenvalue weighted by molar-refractivity contribution is 7.99. The Morgan fingerprint density at radius 1 is 1.36 bits per heavy atom. The number of thiazole rings is 1. The molecule has 5 nitrogen and oxygen atoms in total. The Balaban J connectivity index is 1.83. The molecule has 1 aliphatic heterocycles. The third-order valence-electron chi connectivity index (χ3n) is 3.95. The highest BCUT2D eigenvalue weighted by Crippen LogP contribution is 2.22. The summed E-state index contributed by atoms with van der Waals surface area (Å²) in [5.41, 5.74) is 0.968. The van der Waals surface area contributed by atoms with Crippen LogP contribution in [0, 0.1) is 0 Å². The predicted octanol–water partition coefficient (Wildman–Crippen LogP) is 2.99. The van der Waals surface area contributed by atoms with E-state index < -0.39 is 6.04 Å². The Labute approximate surface area is 159 Å². The number of amides is 2. The molecule has 0 radical (unpaired) electrons. The second-order valence-electron chi connectivity index (χ2n) is 5.59. The monoisotopic (exact) mass is 395 g/mol. The summed E-state index contributed by atoms with van der Waals surface area (Å²) in [5, 5.41) is 2.58. The standard InChI is InChI=1S/C17H18ClN3O2S2/c1-2-15(22)21-11-24-10-14(21)16(23)19-17-20(7-8-25-17)9-12-5-3-4-6-13(12)18/h3-8,14H,2,9-11H2,1H3. The summed E-state index contributed by atoms with van der Waals surface area (Å²) in [6.07, 6.45) is 2.29. The van der Waals surface area contributed by atoms with Gasteiger partial charge in [-0.15, -0.1) is 23.1 Å². The fraction of sp³-hybridized carbons (Fsp3) is 0.353. The topological polar surface area (TPSA) is 54.7 Å². The van der Waals surface area contributed by atoms with Crippen molar-refractivity contribution in [3.8, 4) is 0 Å². The van der Waals surface area contributed by atoms with Crippen LogP contribution in [-0.4, -0.2) is 39.0 Å². The molecule has 2 heterocycles. The molecule has 1 atom stereocenters. The zero-order valence-corrected chi connectivity index (χ0v) is 16.1. The minimum atomic E-state index is -0.465. The van der Waals surface area contributed by atoms with Crippen molar-refractivity contribution in [1.29, 1.82) is 0 Å². The van der Waals surface area contributed by atoms with Crippen molar-refractivity contribution in [2.45, 2.75) is 25.9 Å². The number of thioether (sulfide) groups is 1. The Morgan fingerprint density at radius 3 is 2.92 bits per heavy atom. The maximum Gasteiger partial charge on any atom is 0.272 e. The smallest absolute Gasteiger partial charge is 0.272 e. The summed E-state index contributed by atoms with van der Waals surface area (Å²) >= 11 is 9.20. The predicted molar refractivity (Wildman–Crippen MR) is 102 cm³/mol. The summed E-state index contributed by atoms with van der Waals surface area (Å²) in [6, 6.07) is 7.15. The SMILES string of the molecule is CCC(=O)N1CSCC1C(=O)N=c1sccn1Cc1ccccc1Cl. The van der Waals surface area contributed by atoms with Gasteiger partial charge >= 0.3 is 0 Å². The maximum absolute atomic E-state index is 12.6. The van der Waals surface area contributed by atoms with Crippen molar-refractivity contribution < 1.29 is 9.59 Å². The van der Waals surface area contributed by atoms with Crippen molar-refractivity contribution in [3.05, 3.63) is 51.2 Å². The molecule has 1 aliphatic rings. The molecule has 2 aromatic rings. The average molecular weight is 396 g/mol. The zero-order valence-electron chi connectivity index (χ0n) is 13.7. The van der Waals surface area contributed by atoms with Crippen molar-refractivity contribution in [1.82, 2.24) is 9.47 Å². The minimum absolute atomic E-state index is 0.00586. The summed E-state index contributed by atoms with van der Waals surface area (Å²) < 4.78 is 1.90. The van der Waals surface area contributed by atoms with Gasteiger partial charge in [0.2, 0.25) is 5.91 Å². The first-order chi connectivity index (χ1) is 12.1. The number of aromatic nitrogens is 1. The molecule has 25 heavy (non-hydrogen) atoms. The van der Waals surface area contributed by atoms with Crippen molar-refractivity contribution in [3.63, 3.8) is 0 Å². The number of benzene rings is 1. The molecule has 1 aromatic heterocycles. The number of hydrogen-bond acceptors (Lipinski definition) is 4. The molecule has 3 rings (SSSR count). The van der Waals surface area contributed by atoms with E-state index in [0.29, 0.717) is 34.4 Å². The van der Waals surface area contributed by atoms with Crippen LogP contribution in [0.25, 0.3) is 0 Å². The molecule has 1 saturated heterocycles. The zero-order chi connectivity index (χ0) is 17.8. The Kier molecular flexibility index (Phi) is 5.98. The van der Waals surface area contributed by atoms with Gasteiger partial charge in [0, 0.05) is 28.8 Å². The van der Waals surface area contributed by atoms with Gasteiger partial charge in [-0.05, 0) is 11.6 Å². The van der Waals surface area contributed by atoms with Gasteiger partial charge in [0.1, 0.15) is 6.04 Å². The lowest BCUT2D eigenvalue weighted by Crippen LogP contribution is -2.41. The highest BCUT2D eigenvalue weighted by atomic mass is 35.5. The van der Waals surface area contributed by atoms with E-state index in [0.717, 1.165) is 5.56 Å². The van der Waals surface area contributed by atoms with Crippen LogP contribution < -0.4 is 4.80 Å². The largest absolute Gasteiger partial charge is 0.320 e. The molecule has 0 spiro atoms. The lowest BCUT2D eigenvalue weighted by molar-refractivity contribution is -0.136. The van der Waals surface area contributed by atoms with Crippen LogP contribution in [0.3, 0.4) is 0 Å². The molecule has 2 amide bonds. The molecule has 132 valence electrons. The van der Waals surface area contributed by atoms with Gasteiger partial charge in [-0.2, -0.15) is 4.99 Å². The van der Waals surface area contributed by atoms with Gasteiger partial charge in [-0.25, -0.2) is 0 Å². The first-order valence-electron chi connectivity index (χ1n) is 7.93. The molecule has 0 N–H and O–H groups in total. The van der Waals surface area contributed by atoms with Gasteiger partial charge < -0.3 is 9.47 Å². The summed E-state index contributed by atoms with van der Waals surface area (Å²) in [4.78, 5) is 31.1. The number of hydrogen-bond donors (Lipinski definition) is 0. The molecular formula is C17H18ClN3O2S2. The van der Waals surface area contributed by atoms with Crippen LogP contribution in [0.2, 0.25) is 5.02 Å². The minimum Gasteiger partial charge on any atom is -0.320 e. The second kappa shape index (κ2) is 8.21. The van der Waals surface area contributed by atoms with E-state index in [1.54, 1.807) is 23.6 Å². The average Bonchev–Trinajstić information content (AvgIpc) is 3.26. The van der Waals surface area contributed by atoms with E-state index in [-0.39, 0.29) is 11.8 Å². The molecule has 1 aromatic carbocycles. The maximum atomic E-state index is 12.6. The summed E-state index contributed by atoms with van der Waals surface area (Å²) in [5.74, 6) is 0.892. The third kappa shape index (κ3) is 4.16. The van der Waals surface area contributed by atoms with E-state index in [2.05, 4.69) is 4.99 Å². The van der Waals surface area contributed by atoms with Crippen molar-refractivity contribution >= 4 is 46.5 Å². The number of halogens is 1. The van der Waals surface area contributed by atoms with Crippen molar-refractivity contribution in [2.75, 3.05) is 11.6 Å². The van der Waals surface area contributed by atoms with Crippen LogP contribution in [0.1, 0.15) is 18.9 Å². The third-order valence-corrected chi connectivity index (χ3v) is 6.13. The lowest BCUT2D eigenvalue weighted by Gasteiger charge is -2.20. The fourth-order valence-corrected chi connectivity index (χ4v) is 4.68. The van der Waals surface area contributed by atoms with E-state index in [1.165, 1.54) is 11.3 Å². The Hall–Kier alpha value is -1.57. The number of carbonyl (C=O) groups excluding carboxylic acids is 2.